The highest BCUT2D eigenvalue weighted by Gasteiger charge is 2.30. The quantitative estimate of drug-likeness (QED) is 0.676. The van der Waals surface area contributed by atoms with E-state index in [0.29, 0.717) is 12.1 Å². The number of rotatable bonds is 5. The van der Waals surface area contributed by atoms with Crippen LogP contribution in [0.25, 0.3) is 10.8 Å². The molecule has 0 aromatic heterocycles. The van der Waals surface area contributed by atoms with Crippen LogP contribution < -0.4 is 5.32 Å². The van der Waals surface area contributed by atoms with E-state index in [0.717, 1.165) is 28.5 Å². The lowest BCUT2D eigenvalue weighted by molar-refractivity contribution is -0.137. The van der Waals surface area contributed by atoms with E-state index in [4.69, 9.17) is 0 Å². The second-order valence-corrected chi connectivity index (χ2v) is 6.11. The third-order valence-electron chi connectivity index (χ3n) is 4.25. The lowest BCUT2D eigenvalue weighted by Gasteiger charge is -2.10. The zero-order valence-electron chi connectivity index (χ0n) is 14.0. The Morgan fingerprint density at radius 2 is 1.65 bits per heavy atom. The number of amides is 1. The fourth-order valence-corrected chi connectivity index (χ4v) is 2.89. The van der Waals surface area contributed by atoms with Crippen molar-refractivity contribution in [1.29, 1.82) is 0 Å². The summed E-state index contributed by atoms with van der Waals surface area (Å²) in [6.07, 6.45) is -3.95. The summed E-state index contributed by atoms with van der Waals surface area (Å²) >= 11 is 0. The molecular formula is C21H18F3NO. The summed E-state index contributed by atoms with van der Waals surface area (Å²) in [7, 11) is 0. The van der Waals surface area contributed by atoms with Crippen molar-refractivity contribution in [2.75, 3.05) is 0 Å². The number of hydrogen-bond donors (Lipinski definition) is 1. The summed E-state index contributed by atoms with van der Waals surface area (Å²) < 4.78 is 38.2. The number of aryl methyl sites for hydroxylation is 1. The van der Waals surface area contributed by atoms with Gasteiger partial charge in [0.1, 0.15) is 0 Å². The maximum absolute atomic E-state index is 12.7. The Morgan fingerprint density at radius 1 is 0.923 bits per heavy atom. The third kappa shape index (κ3) is 4.42. The summed E-state index contributed by atoms with van der Waals surface area (Å²) in [4.78, 5) is 12.1. The van der Waals surface area contributed by atoms with Crippen LogP contribution in [0.3, 0.4) is 0 Å². The molecule has 5 heteroatoms. The van der Waals surface area contributed by atoms with Gasteiger partial charge in [-0.3, -0.25) is 4.79 Å². The van der Waals surface area contributed by atoms with Crippen molar-refractivity contribution in [3.8, 4) is 0 Å². The number of hydrogen-bond acceptors (Lipinski definition) is 1. The molecule has 0 atom stereocenters. The average molecular weight is 357 g/mol. The molecule has 0 bridgehead atoms. The van der Waals surface area contributed by atoms with E-state index in [1.54, 1.807) is 6.07 Å². The van der Waals surface area contributed by atoms with Crippen molar-refractivity contribution in [1.82, 2.24) is 5.32 Å². The van der Waals surface area contributed by atoms with E-state index in [1.165, 1.54) is 6.07 Å². The van der Waals surface area contributed by atoms with Gasteiger partial charge >= 0.3 is 6.18 Å². The smallest absolute Gasteiger partial charge is 0.352 e. The number of carbonyl (C=O) groups excluding carboxylic acids is 1. The van der Waals surface area contributed by atoms with E-state index in [2.05, 4.69) is 5.32 Å². The van der Waals surface area contributed by atoms with Crippen LogP contribution in [0, 0.1) is 0 Å². The molecule has 134 valence electrons. The maximum atomic E-state index is 12.7. The monoisotopic (exact) mass is 357 g/mol. The van der Waals surface area contributed by atoms with Crippen LogP contribution in [0.1, 0.15) is 23.1 Å². The summed E-state index contributed by atoms with van der Waals surface area (Å²) in [6, 6.07) is 18.9. The van der Waals surface area contributed by atoms with Gasteiger partial charge in [0.15, 0.2) is 0 Å². The summed E-state index contributed by atoms with van der Waals surface area (Å²) in [5.74, 6) is -0.185. The van der Waals surface area contributed by atoms with Gasteiger partial charge in [-0.15, -0.1) is 0 Å². The molecular weight excluding hydrogens is 339 g/mol. The van der Waals surface area contributed by atoms with Gasteiger partial charge in [0.25, 0.3) is 0 Å². The number of fused-ring (bicyclic) bond motifs is 1. The highest BCUT2D eigenvalue weighted by molar-refractivity contribution is 5.86. The molecule has 0 unspecified atom stereocenters. The van der Waals surface area contributed by atoms with Crippen LogP contribution in [-0.2, 0) is 23.9 Å². The molecule has 0 radical (unpaired) electrons. The number of carbonyl (C=O) groups is 1. The molecule has 0 spiro atoms. The van der Waals surface area contributed by atoms with Crippen LogP contribution >= 0.6 is 0 Å². The molecule has 0 aliphatic heterocycles. The van der Waals surface area contributed by atoms with Crippen LogP contribution in [0.2, 0.25) is 0 Å². The second kappa shape index (κ2) is 7.60. The molecule has 3 rings (SSSR count). The molecule has 0 fully saturated rings. The van der Waals surface area contributed by atoms with Gasteiger partial charge in [-0.1, -0.05) is 60.7 Å². The zero-order chi connectivity index (χ0) is 18.6. The van der Waals surface area contributed by atoms with Gasteiger partial charge in [-0.2, -0.15) is 13.2 Å². The van der Waals surface area contributed by atoms with Crippen LogP contribution in [0.5, 0.6) is 0 Å². The minimum absolute atomic E-state index is 0.145. The van der Waals surface area contributed by atoms with Crippen molar-refractivity contribution in [3.63, 3.8) is 0 Å². The van der Waals surface area contributed by atoms with E-state index < -0.39 is 11.7 Å². The van der Waals surface area contributed by atoms with E-state index in [1.807, 2.05) is 42.5 Å². The predicted octanol–water partition coefficient (Wildman–Crippen LogP) is 5.11. The standard InChI is InChI=1S/C21H18F3NO/c22-21(23,24)18-9-3-5-15(13-18)11-12-20(26)25-14-17-8-4-7-16-6-1-2-10-19(16)17/h1-10,13H,11-12,14H2,(H,25,26). The lowest BCUT2D eigenvalue weighted by Crippen LogP contribution is -2.23. The predicted molar refractivity (Wildman–Crippen MR) is 95.6 cm³/mol. The number of nitrogens with one attached hydrogen (secondary N) is 1. The molecule has 1 amide bonds. The van der Waals surface area contributed by atoms with Crippen LogP contribution in [-0.4, -0.2) is 5.91 Å². The highest BCUT2D eigenvalue weighted by atomic mass is 19.4. The third-order valence-corrected chi connectivity index (χ3v) is 4.25. The average Bonchev–Trinajstić information content (AvgIpc) is 2.64. The van der Waals surface area contributed by atoms with Crippen LogP contribution in [0.15, 0.2) is 66.7 Å². The first kappa shape index (κ1) is 18.0. The lowest BCUT2D eigenvalue weighted by atomic mass is 10.0. The molecule has 2 nitrogen and oxygen atoms in total. The molecule has 1 N–H and O–H groups in total. The maximum Gasteiger partial charge on any atom is 0.416 e. The molecule has 0 saturated heterocycles. The first-order valence-corrected chi connectivity index (χ1v) is 8.33. The Labute approximate surface area is 149 Å². The number of alkyl halides is 3. The second-order valence-electron chi connectivity index (χ2n) is 6.11. The molecule has 0 saturated carbocycles. The van der Waals surface area contributed by atoms with Crippen LogP contribution in [0.4, 0.5) is 13.2 Å². The van der Waals surface area contributed by atoms with Crippen molar-refractivity contribution < 1.29 is 18.0 Å². The first-order valence-electron chi connectivity index (χ1n) is 8.33. The van der Waals surface area contributed by atoms with E-state index in [9.17, 15) is 18.0 Å². The molecule has 0 heterocycles. The largest absolute Gasteiger partial charge is 0.416 e. The topological polar surface area (TPSA) is 29.1 Å². The Bertz CT molecular complexity index is 913. The first-order chi connectivity index (χ1) is 12.4. The molecule has 0 aliphatic rings. The Balaban J connectivity index is 1.58. The Morgan fingerprint density at radius 3 is 2.46 bits per heavy atom. The van der Waals surface area contributed by atoms with E-state index >= 15 is 0 Å². The van der Waals surface area contributed by atoms with E-state index in [-0.39, 0.29) is 18.7 Å². The Hall–Kier alpha value is -2.82. The minimum Gasteiger partial charge on any atom is -0.352 e. The summed E-state index contributed by atoms with van der Waals surface area (Å²) in [5, 5.41) is 5.02. The number of halogens is 3. The van der Waals surface area contributed by atoms with Crippen molar-refractivity contribution in [2.24, 2.45) is 0 Å². The summed E-state index contributed by atoms with van der Waals surface area (Å²) in [6.45, 7) is 0.392. The Kier molecular flexibility index (Phi) is 5.26. The van der Waals surface area contributed by atoms with Crippen molar-refractivity contribution in [2.45, 2.75) is 25.6 Å². The highest BCUT2D eigenvalue weighted by Crippen LogP contribution is 2.29. The SMILES string of the molecule is O=C(CCc1cccc(C(F)(F)F)c1)NCc1cccc2ccccc12. The van der Waals surface area contributed by atoms with Gasteiger partial charge in [-0.05, 0) is 34.4 Å². The van der Waals surface area contributed by atoms with Gasteiger partial charge in [0.05, 0.1) is 5.56 Å². The molecule has 3 aromatic rings. The molecule has 3 aromatic carbocycles. The van der Waals surface area contributed by atoms with Gasteiger partial charge in [0, 0.05) is 13.0 Å². The minimum atomic E-state index is -4.37. The zero-order valence-corrected chi connectivity index (χ0v) is 14.0. The van der Waals surface area contributed by atoms with Gasteiger partial charge in [0.2, 0.25) is 5.91 Å². The van der Waals surface area contributed by atoms with Crippen molar-refractivity contribution >= 4 is 16.7 Å². The number of benzene rings is 3. The fraction of sp³-hybridized carbons (Fsp3) is 0.190. The van der Waals surface area contributed by atoms with Gasteiger partial charge < -0.3 is 5.32 Å². The molecule has 26 heavy (non-hydrogen) atoms. The molecule has 0 aliphatic carbocycles. The van der Waals surface area contributed by atoms with Gasteiger partial charge in [-0.25, -0.2) is 0 Å². The van der Waals surface area contributed by atoms with Crippen molar-refractivity contribution in [3.05, 3.63) is 83.4 Å². The summed E-state index contributed by atoms with van der Waals surface area (Å²) in [5.41, 5.74) is 0.821. The normalized spacial score (nSPS) is 11.5. The fourth-order valence-electron chi connectivity index (χ4n) is 2.89.